The first-order valence-electron chi connectivity index (χ1n) is 6.86. The van der Waals surface area contributed by atoms with Gasteiger partial charge in [0.15, 0.2) is 0 Å². The highest BCUT2D eigenvalue weighted by Crippen LogP contribution is 2.29. The number of pyridine rings is 2. The molecule has 0 aliphatic heterocycles. The molecular formula is C17H17N3O. The van der Waals surface area contributed by atoms with Crippen LogP contribution in [0.25, 0.3) is 10.8 Å². The third-order valence-corrected chi connectivity index (χ3v) is 3.37. The fraction of sp³-hybridized carbons (Fsp3) is 0.176. The SMILES string of the molecule is COc1cccc2c(NCc3cccc(C)n3)nccc12. The molecule has 0 fully saturated rings. The number of nitrogens with zero attached hydrogens (tertiary/aromatic N) is 2. The molecule has 0 unspecified atom stereocenters. The van der Waals surface area contributed by atoms with Gasteiger partial charge in [-0.15, -0.1) is 0 Å². The first-order chi connectivity index (χ1) is 10.3. The second-order valence-electron chi connectivity index (χ2n) is 4.84. The molecule has 0 aliphatic rings. The second kappa shape index (κ2) is 5.79. The summed E-state index contributed by atoms with van der Waals surface area (Å²) in [6, 6.07) is 13.9. The fourth-order valence-electron chi connectivity index (χ4n) is 2.37. The van der Waals surface area contributed by atoms with Crippen LogP contribution in [0.2, 0.25) is 0 Å². The molecule has 0 bridgehead atoms. The Morgan fingerprint density at radius 1 is 1.05 bits per heavy atom. The summed E-state index contributed by atoms with van der Waals surface area (Å²) < 4.78 is 5.39. The van der Waals surface area contributed by atoms with Gasteiger partial charge < -0.3 is 10.1 Å². The maximum atomic E-state index is 5.39. The molecule has 2 aromatic heterocycles. The number of anilines is 1. The highest BCUT2D eigenvalue weighted by molar-refractivity contribution is 5.95. The third-order valence-electron chi connectivity index (χ3n) is 3.37. The first-order valence-corrected chi connectivity index (χ1v) is 6.86. The van der Waals surface area contributed by atoms with Crippen LogP contribution >= 0.6 is 0 Å². The van der Waals surface area contributed by atoms with E-state index in [-0.39, 0.29) is 0 Å². The van der Waals surface area contributed by atoms with Gasteiger partial charge in [-0.2, -0.15) is 0 Å². The molecule has 0 saturated heterocycles. The van der Waals surface area contributed by atoms with E-state index in [1.165, 1.54) is 0 Å². The van der Waals surface area contributed by atoms with Gasteiger partial charge in [0.25, 0.3) is 0 Å². The Bertz CT molecular complexity index is 771. The van der Waals surface area contributed by atoms with Crippen LogP contribution in [-0.2, 0) is 6.54 Å². The van der Waals surface area contributed by atoms with E-state index in [4.69, 9.17) is 4.74 Å². The second-order valence-corrected chi connectivity index (χ2v) is 4.84. The van der Waals surface area contributed by atoms with Crippen LogP contribution in [0.1, 0.15) is 11.4 Å². The zero-order valence-corrected chi connectivity index (χ0v) is 12.1. The van der Waals surface area contributed by atoms with Gasteiger partial charge in [-0.1, -0.05) is 18.2 Å². The standard InChI is InChI=1S/C17H17N3O/c1-12-5-3-6-13(20-12)11-19-17-15-7-4-8-16(21-2)14(15)9-10-18-17/h3-10H,11H2,1-2H3,(H,18,19). The average Bonchev–Trinajstić information content (AvgIpc) is 2.52. The molecule has 0 spiro atoms. The highest BCUT2D eigenvalue weighted by Gasteiger charge is 2.06. The van der Waals surface area contributed by atoms with Crippen molar-refractivity contribution < 1.29 is 4.74 Å². The summed E-state index contributed by atoms with van der Waals surface area (Å²) in [6.07, 6.45) is 1.79. The molecule has 0 radical (unpaired) electrons. The van der Waals surface area contributed by atoms with E-state index in [1.807, 2.05) is 49.4 Å². The maximum Gasteiger partial charge on any atom is 0.134 e. The van der Waals surface area contributed by atoms with Crippen LogP contribution in [0.4, 0.5) is 5.82 Å². The Labute approximate surface area is 123 Å². The van der Waals surface area contributed by atoms with E-state index in [2.05, 4.69) is 15.3 Å². The molecule has 3 aromatic rings. The van der Waals surface area contributed by atoms with Crippen LogP contribution in [-0.4, -0.2) is 17.1 Å². The van der Waals surface area contributed by atoms with E-state index in [0.717, 1.165) is 33.7 Å². The molecule has 2 heterocycles. The molecular weight excluding hydrogens is 262 g/mol. The van der Waals surface area contributed by atoms with Crippen molar-refractivity contribution in [3.05, 3.63) is 60.0 Å². The van der Waals surface area contributed by atoms with E-state index in [1.54, 1.807) is 13.3 Å². The number of methoxy groups -OCH3 is 1. The smallest absolute Gasteiger partial charge is 0.134 e. The number of aromatic nitrogens is 2. The number of benzene rings is 1. The average molecular weight is 279 g/mol. The summed E-state index contributed by atoms with van der Waals surface area (Å²) in [6.45, 7) is 2.63. The quantitative estimate of drug-likeness (QED) is 0.793. The number of fused-ring (bicyclic) bond motifs is 1. The number of rotatable bonds is 4. The number of ether oxygens (including phenoxy) is 1. The number of hydrogen-bond donors (Lipinski definition) is 1. The van der Waals surface area contributed by atoms with Crippen molar-refractivity contribution in [3.8, 4) is 5.75 Å². The van der Waals surface area contributed by atoms with Crippen molar-refractivity contribution in [3.63, 3.8) is 0 Å². The maximum absolute atomic E-state index is 5.39. The predicted octanol–water partition coefficient (Wildman–Crippen LogP) is 3.56. The van der Waals surface area contributed by atoms with Crippen LogP contribution in [0.15, 0.2) is 48.7 Å². The largest absolute Gasteiger partial charge is 0.496 e. The normalized spacial score (nSPS) is 10.6. The molecule has 1 N–H and O–H groups in total. The van der Waals surface area contributed by atoms with Gasteiger partial charge in [0, 0.05) is 22.7 Å². The molecule has 4 heteroatoms. The Kier molecular flexibility index (Phi) is 3.69. The number of aryl methyl sites for hydroxylation is 1. The van der Waals surface area contributed by atoms with Crippen molar-refractivity contribution in [2.45, 2.75) is 13.5 Å². The summed E-state index contributed by atoms with van der Waals surface area (Å²) >= 11 is 0. The topological polar surface area (TPSA) is 47.0 Å². The molecule has 21 heavy (non-hydrogen) atoms. The van der Waals surface area contributed by atoms with Gasteiger partial charge in [-0.25, -0.2) is 4.98 Å². The molecule has 0 saturated carbocycles. The summed E-state index contributed by atoms with van der Waals surface area (Å²) in [5, 5.41) is 5.45. The molecule has 106 valence electrons. The van der Waals surface area contributed by atoms with Crippen LogP contribution < -0.4 is 10.1 Å². The zero-order chi connectivity index (χ0) is 14.7. The Hall–Kier alpha value is -2.62. The van der Waals surface area contributed by atoms with E-state index in [9.17, 15) is 0 Å². The number of hydrogen-bond acceptors (Lipinski definition) is 4. The first kappa shape index (κ1) is 13.4. The van der Waals surface area contributed by atoms with Crippen LogP contribution in [0, 0.1) is 6.92 Å². The molecule has 0 amide bonds. The lowest BCUT2D eigenvalue weighted by molar-refractivity contribution is 0.420. The summed E-state index contributed by atoms with van der Waals surface area (Å²) in [7, 11) is 1.68. The van der Waals surface area contributed by atoms with Crippen LogP contribution in [0.5, 0.6) is 5.75 Å². The highest BCUT2D eigenvalue weighted by atomic mass is 16.5. The third kappa shape index (κ3) is 2.79. The van der Waals surface area contributed by atoms with Gasteiger partial charge in [-0.3, -0.25) is 4.98 Å². The molecule has 3 rings (SSSR count). The van der Waals surface area contributed by atoms with E-state index in [0.29, 0.717) is 6.54 Å². The summed E-state index contributed by atoms with van der Waals surface area (Å²) in [5.41, 5.74) is 2.01. The minimum Gasteiger partial charge on any atom is -0.496 e. The lowest BCUT2D eigenvalue weighted by atomic mass is 10.1. The Balaban J connectivity index is 1.91. The van der Waals surface area contributed by atoms with Gasteiger partial charge in [0.05, 0.1) is 19.3 Å². The lowest BCUT2D eigenvalue weighted by Gasteiger charge is -2.10. The molecule has 1 aromatic carbocycles. The van der Waals surface area contributed by atoms with Gasteiger partial charge >= 0.3 is 0 Å². The van der Waals surface area contributed by atoms with Crippen molar-refractivity contribution in [1.82, 2.24) is 9.97 Å². The van der Waals surface area contributed by atoms with Gasteiger partial charge in [-0.05, 0) is 31.2 Å². The number of nitrogens with one attached hydrogen (secondary N) is 1. The molecule has 4 nitrogen and oxygen atoms in total. The van der Waals surface area contributed by atoms with Gasteiger partial charge in [0.1, 0.15) is 11.6 Å². The fourth-order valence-corrected chi connectivity index (χ4v) is 2.37. The minimum absolute atomic E-state index is 0.644. The van der Waals surface area contributed by atoms with Gasteiger partial charge in [0.2, 0.25) is 0 Å². The molecule has 0 atom stereocenters. The van der Waals surface area contributed by atoms with E-state index >= 15 is 0 Å². The summed E-state index contributed by atoms with van der Waals surface area (Å²) in [4.78, 5) is 8.91. The Morgan fingerprint density at radius 2 is 1.90 bits per heavy atom. The lowest BCUT2D eigenvalue weighted by Crippen LogP contribution is -2.04. The Morgan fingerprint density at radius 3 is 2.71 bits per heavy atom. The minimum atomic E-state index is 0.644. The van der Waals surface area contributed by atoms with E-state index < -0.39 is 0 Å². The van der Waals surface area contributed by atoms with Crippen LogP contribution in [0.3, 0.4) is 0 Å². The predicted molar refractivity (Wildman–Crippen MR) is 84.6 cm³/mol. The van der Waals surface area contributed by atoms with Crippen molar-refractivity contribution in [2.24, 2.45) is 0 Å². The van der Waals surface area contributed by atoms with Crippen molar-refractivity contribution >= 4 is 16.6 Å². The van der Waals surface area contributed by atoms with Crippen molar-refractivity contribution in [1.29, 1.82) is 0 Å². The zero-order valence-electron chi connectivity index (χ0n) is 12.1. The molecule has 0 aliphatic carbocycles. The van der Waals surface area contributed by atoms with Crippen molar-refractivity contribution in [2.75, 3.05) is 12.4 Å². The monoisotopic (exact) mass is 279 g/mol. The summed E-state index contributed by atoms with van der Waals surface area (Å²) in [5.74, 6) is 1.70.